The van der Waals surface area contributed by atoms with Crippen LogP contribution in [0.3, 0.4) is 0 Å². The number of aromatic nitrogens is 1. The summed E-state index contributed by atoms with van der Waals surface area (Å²) < 4.78 is 22.9. The van der Waals surface area contributed by atoms with Crippen LogP contribution in [0.25, 0.3) is 0 Å². The van der Waals surface area contributed by atoms with Gasteiger partial charge in [0.1, 0.15) is 42.9 Å². The quantitative estimate of drug-likeness (QED) is 0.0846. The molecule has 1 aliphatic carbocycles. The molecule has 15 nitrogen and oxygen atoms in total. The zero-order valence-corrected chi connectivity index (χ0v) is 30.9. The molecule has 3 rings (SSSR count). The van der Waals surface area contributed by atoms with E-state index in [0.29, 0.717) is 0 Å². The third-order valence-corrected chi connectivity index (χ3v) is 9.22. The maximum Gasteiger partial charge on any atom is 0.408 e. The van der Waals surface area contributed by atoms with E-state index >= 15 is 0 Å². The average Bonchev–Trinajstić information content (AvgIpc) is 3.65. The number of H-pyrrole nitrogens is 1. The van der Waals surface area contributed by atoms with Crippen molar-refractivity contribution in [1.82, 2.24) is 15.6 Å². The Balaban J connectivity index is 1.93. The number of rotatable bonds is 13. The number of carbonyl (C=O) groups is 4. The van der Waals surface area contributed by atoms with E-state index in [4.69, 9.17) is 24.4 Å². The van der Waals surface area contributed by atoms with Crippen molar-refractivity contribution in [1.29, 1.82) is 10.7 Å². The maximum absolute atomic E-state index is 13.6. The van der Waals surface area contributed by atoms with E-state index in [9.17, 15) is 29.5 Å². The highest BCUT2D eigenvalue weighted by atomic mass is 16.6. The summed E-state index contributed by atoms with van der Waals surface area (Å²) in [5.41, 5.74) is -2.76. The molecule has 51 heavy (non-hydrogen) atoms. The number of amides is 2. The molecule has 0 unspecified atom stereocenters. The van der Waals surface area contributed by atoms with Crippen LogP contribution in [0.1, 0.15) is 105 Å². The van der Waals surface area contributed by atoms with Gasteiger partial charge in [0.2, 0.25) is 11.5 Å². The number of aliphatic hydroxyl groups is 1. The van der Waals surface area contributed by atoms with E-state index < -0.39 is 66.1 Å². The molecule has 2 aliphatic rings. The van der Waals surface area contributed by atoms with E-state index in [1.165, 1.54) is 12.1 Å². The Bertz CT molecular complexity index is 1470. The number of amidine groups is 1. The van der Waals surface area contributed by atoms with Crippen molar-refractivity contribution in [3.05, 3.63) is 23.5 Å². The van der Waals surface area contributed by atoms with Crippen LogP contribution in [0.15, 0.2) is 17.1 Å². The fraction of sp³-hybridized carbons (Fsp3) is 0.694. The lowest BCUT2D eigenvalue weighted by Gasteiger charge is -2.28. The lowest BCUT2D eigenvalue weighted by Crippen LogP contribution is -2.50. The molecule has 2 amide bonds. The van der Waals surface area contributed by atoms with Crippen molar-refractivity contribution < 1.29 is 43.2 Å². The number of ether oxygens (including phenoxy) is 4. The third kappa shape index (κ3) is 10.9. The van der Waals surface area contributed by atoms with E-state index in [-0.39, 0.29) is 47.3 Å². The van der Waals surface area contributed by atoms with Crippen LogP contribution in [0, 0.1) is 40.4 Å². The lowest BCUT2D eigenvalue weighted by molar-refractivity contribution is -0.163. The molecular formula is C36H54N6O9. The average molecular weight is 715 g/mol. The van der Waals surface area contributed by atoms with Gasteiger partial charge in [0.05, 0.1) is 11.4 Å². The predicted octanol–water partition coefficient (Wildman–Crippen LogP) is 4.23. The van der Waals surface area contributed by atoms with Crippen LogP contribution in [0.4, 0.5) is 4.79 Å². The van der Waals surface area contributed by atoms with Gasteiger partial charge in [0.25, 0.3) is 0 Å². The van der Waals surface area contributed by atoms with E-state index in [1.807, 2.05) is 19.9 Å². The zero-order valence-electron chi connectivity index (χ0n) is 30.9. The van der Waals surface area contributed by atoms with Gasteiger partial charge in [-0.2, -0.15) is 5.26 Å². The molecule has 6 atom stereocenters. The highest BCUT2D eigenvalue weighted by molar-refractivity contribution is 6.09. The number of nitrogens with zero attached hydrogens (tertiary/aromatic N) is 2. The van der Waals surface area contributed by atoms with Crippen LogP contribution in [0.5, 0.6) is 0 Å². The van der Waals surface area contributed by atoms with Crippen LogP contribution < -0.4 is 10.6 Å². The second-order valence-electron chi connectivity index (χ2n) is 15.0. The fourth-order valence-electron chi connectivity index (χ4n) is 5.97. The third-order valence-electron chi connectivity index (χ3n) is 9.22. The summed E-state index contributed by atoms with van der Waals surface area (Å²) in [5, 5.41) is 35.0. The summed E-state index contributed by atoms with van der Waals surface area (Å²) in [5.74, 6) is -2.37. The minimum absolute atomic E-state index is 0.00140. The second kappa shape index (κ2) is 17.8. The number of aliphatic imine (C=N–C) groups is 1. The minimum Gasteiger partial charge on any atom is -0.463 e. The second-order valence-corrected chi connectivity index (χ2v) is 15.0. The van der Waals surface area contributed by atoms with Crippen LogP contribution in [-0.2, 0) is 38.9 Å². The summed E-state index contributed by atoms with van der Waals surface area (Å²) >= 11 is 0. The molecule has 282 valence electrons. The Hall–Kier alpha value is -4.29. The monoisotopic (exact) mass is 714 g/mol. The number of aromatic amines is 1. The number of nitriles is 1. The van der Waals surface area contributed by atoms with Crippen molar-refractivity contribution in [2.45, 2.75) is 129 Å². The van der Waals surface area contributed by atoms with Crippen LogP contribution in [-0.4, -0.2) is 82.8 Å². The predicted molar refractivity (Wildman–Crippen MR) is 186 cm³/mol. The van der Waals surface area contributed by atoms with Crippen molar-refractivity contribution in [3.63, 3.8) is 0 Å². The lowest BCUT2D eigenvalue weighted by atomic mass is 9.87. The normalized spacial score (nSPS) is 24.0. The molecule has 0 radical (unpaired) electrons. The molecule has 0 spiro atoms. The molecule has 1 aliphatic heterocycles. The highest BCUT2D eigenvalue weighted by Crippen LogP contribution is 2.41. The first-order chi connectivity index (χ1) is 23.9. The van der Waals surface area contributed by atoms with E-state index in [0.717, 1.165) is 38.4 Å². The van der Waals surface area contributed by atoms with Crippen LogP contribution in [0.2, 0.25) is 0 Å². The molecular weight excluding hydrogens is 660 g/mol. The number of aliphatic hydroxyl groups excluding tert-OH is 1. The first kappa shape index (κ1) is 41.1. The van der Waals surface area contributed by atoms with Crippen molar-refractivity contribution >= 4 is 36.1 Å². The molecule has 1 aromatic rings. The largest absolute Gasteiger partial charge is 0.463 e. The number of hydrogen-bond acceptors (Lipinski definition) is 11. The number of esters is 2. The van der Waals surface area contributed by atoms with Gasteiger partial charge in [0.15, 0.2) is 11.9 Å². The van der Waals surface area contributed by atoms with Gasteiger partial charge in [0, 0.05) is 12.3 Å². The van der Waals surface area contributed by atoms with Gasteiger partial charge < -0.3 is 39.7 Å². The molecule has 1 aromatic heterocycles. The van der Waals surface area contributed by atoms with Crippen molar-refractivity contribution in [2.75, 3.05) is 6.61 Å². The standard InChI is InChI=1S/C36H54N6O9/c1-20(2)22(5)32(45)42-31(39-19-38)24-14-15-26(40-24)36(18-37)30(44)29(25(50-36)17-48-27(43)16-23-12-10-9-11-13-23)49-33(46)28(21(3)4)41-34(47)51-35(6,7)8/h14-15,19-23,25,28-30,40,44H,9-13,16-17H2,1-8H3,(H,41,47)(H2,38,39,42,45)/t22-,25+,28-,29+,30+,36-/m0/s1. The smallest absolute Gasteiger partial charge is 0.408 e. The summed E-state index contributed by atoms with van der Waals surface area (Å²) in [6.07, 6.45) is 0.525. The summed E-state index contributed by atoms with van der Waals surface area (Å²) in [4.78, 5) is 58.8. The Labute approximate surface area is 299 Å². The van der Waals surface area contributed by atoms with Gasteiger partial charge >= 0.3 is 18.0 Å². The number of hydrogen-bond donors (Lipinski definition) is 5. The summed E-state index contributed by atoms with van der Waals surface area (Å²) in [7, 11) is 0. The highest BCUT2D eigenvalue weighted by Gasteiger charge is 2.59. The SMILES string of the molecule is CC(C)[C@H](C)C(=O)NC(=NC=N)c1ccc([C@]2(C#N)O[C@H](COC(=O)CC3CCCCC3)[C@@H](OC(=O)[C@@H](NC(=O)OC(C)(C)C)C(C)C)[C@H]2O)[nH]1. The van der Waals surface area contributed by atoms with Gasteiger partial charge in [-0.05, 0) is 63.5 Å². The molecule has 2 fully saturated rings. The molecule has 1 saturated carbocycles. The molecule has 1 saturated heterocycles. The first-order valence-corrected chi connectivity index (χ1v) is 17.6. The molecule has 0 aromatic carbocycles. The van der Waals surface area contributed by atoms with Gasteiger partial charge in [-0.3, -0.25) is 15.0 Å². The topological polar surface area (TPSA) is 225 Å². The molecule has 0 bridgehead atoms. The van der Waals surface area contributed by atoms with Crippen molar-refractivity contribution in [3.8, 4) is 6.07 Å². The fourth-order valence-corrected chi connectivity index (χ4v) is 5.97. The van der Waals surface area contributed by atoms with Crippen molar-refractivity contribution in [2.24, 2.45) is 28.7 Å². The van der Waals surface area contributed by atoms with Gasteiger partial charge in [-0.1, -0.05) is 53.9 Å². The Morgan fingerprint density at radius 1 is 1.14 bits per heavy atom. The number of nitrogens with one attached hydrogen (secondary N) is 4. The van der Waals surface area contributed by atoms with Gasteiger partial charge in [-0.15, -0.1) is 0 Å². The van der Waals surface area contributed by atoms with E-state index in [2.05, 4.69) is 20.6 Å². The molecule has 5 N–H and O–H groups in total. The Morgan fingerprint density at radius 2 is 1.80 bits per heavy atom. The number of alkyl carbamates (subject to hydrolysis) is 1. The molecule has 15 heteroatoms. The Morgan fingerprint density at radius 3 is 2.37 bits per heavy atom. The summed E-state index contributed by atoms with van der Waals surface area (Å²) in [6, 6.07) is 3.73. The van der Waals surface area contributed by atoms with Gasteiger partial charge in [-0.25, -0.2) is 14.6 Å². The first-order valence-electron chi connectivity index (χ1n) is 17.6. The van der Waals surface area contributed by atoms with E-state index in [1.54, 1.807) is 41.5 Å². The molecule has 2 heterocycles. The van der Waals surface area contributed by atoms with Crippen LogP contribution >= 0.6 is 0 Å². The maximum atomic E-state index is 13.6. The number of carbonyl (C=O) groups excluding carboxylic acids is 4. The zero-order chi connectivity index (χ0) is 38.1. The minimum atomic E-state index is -2.17. The Kier molecular flexibility index (Phi) is 14.3. The summed E-state index contributed by atoms with van der Waals surface area (Å²) in [6.45, 7) is 13.5.